The van der Waals surface area contributed by atoms with E-state index in [9.17, 15) is 10.2 Å². The van der Waals surface area contributed by atoms with Crippen molar-refractivity contribution in [1.29, 1.82) is 0 Å². The van der Waals surface area contributed by atoms with E-state index in [1.165, 1.54) is 0 Å². The molecule has 0 radical (unpaired) electrons. The number of fused-ring (bicyclic) bond motifs is 1. The first-order valence-corrected chi connectivity index (χ1v) is 7.90. The molecule has 4 atom stereocenters. The van der Waals surface area contributed by atoms with Crippen LogP contribution in [0.1, 0.15) is 60.3 Å². The molecule has 1 saturated carbocycles. The van der Waals surface area contributed by atoms with Crippen LogP contribution in [0.5, 0.6) is 0 Å². The number of ether oxygens (including phenoxy) is 1. The van der Waals surface area contributed by atoms with Gasteiger partial charge in [0.2, 0.25) is 0 Å². The van der Waals surface area contributed by atoms with Gasteiger partial charge in [-0.2, -0.15) is 0 Å². The highest BCUT2D eigenvalue weighted by Crippen LogP contribution is 2.52. The Morgan fingerprint density at radius 3 is 2.55 bits per heavy atom. The van der Waals surface area contributed by atoms with E-state index in [0.717, 1.165) is 31.3 Å². The molecule has 2 N–H and O–H groups in total. The third-order valence-electron chi connectivity index (χ3n) is 5.43. The van der Waals surface area contributed by atoms with Gasteiger partial charge in [0.05, 0.1) is 16.8 Å². The number of aliphatic hydroxyl groups is 2. The summed E-state index contributed by atoms with van der Waals surface area (Å²) in [6.45, 7) is 10.5. The predicted molar refractivity (Wildman–Crippen MR) is 80.5 cm³/mol. The van der Waals surface area contributed by atoms with E-state index in [-0.39, 0.29) is 11.5 Å². The van der Waals surface area contributed by atoms with Crippen LogP contribution >= 0.6 is 0 Å². The molecule has 2 rings (SSSR count). The predicted octanol–water partition coefficient (Wildman–Crippen LogP) is 3.05. The Balaban J connectivity index is 2.40. The minimum atomic E-state index is -0.819. The van der Waals surface area contributed by atoms with Gasteiger partial charge in [-0.3, -0.25) is 0 Å². The molecule has 2 aliphatic carbocycles. The second-order valence-corrected chi connectivity index (χ2v) is 7.52. The Bertz CT molecular complexity index is 392. The molecule has 116 valence electrons. The monoisotopic (exact) mass is 282 g/mol. The van der Waals surface area contributed by atoms with E-state index in [1.807, 2.05) is 27.7 Å². The zero-order valence-electron chi connectivity index (χ0n) is 13.6. The zero-order chi connectivity index (χ0) is 15.2. The highest BCUT2D eigenvalue weighted by Gasteiger charge is 2.52. The lowest BCUT2D eigenvalue weighted by Crippen LogP contribution is -2.42. The molecule has 3 nitrogen and oxygen atoms in total. The van der Waals surface area contributed by atoms with Crippen molar-refractivity contribution in [3.63, 3.8) is 0 Å². The number of hydrogen-bond acceptors (Lipinski definition) is 3. The third kappa shape index (κ3) is 2.81. The maximum absolute atomic E-state index is 10.7. The minimum absolute atomic E-state index is 0.0722. The summed E-state index contributed by atoms with van der Waals surface area (Å²) in [5.41, 5.74) is -0.674. The fourth-order valence-corrected chi connectivity index (χ4v) is 4.10. The van der Waals surface area contributed by atoms with Crippen LogP contribution in [0.2, 0.25) is 0 Å². The van der Waals surface area contributed by atoms with Crippen molar-refractivity contribution in [3.8, 4) is 0 Å². The Hall–Kier alpha value is -0.380. The first-order valence-electron chi connectivity index (χ1n) is 7.90. The first-order chi connectivity index (χ1) is 9.10. The topological polar surface area (TPSA) is 49.7 Å². The SMILES string of the molecule is CCO[C@@]1(C)CCC(C(C)(C)O)=C[C@@H]2[C@@H]1CC[C@@]2(C)O. The summed E-state index contributed by atoms with van der Waals surface area (Å²) in [6.07, 6.45) is 5.68. The van der Waals surface area contributed by atoms with Crippen LogP contribution in [0.15, 0.2) is 11.6 Å². The highest BCUT2D eigenvalue weighted by atomic mass is 16.5. The summed E-state index contributed by atoms with van der Waals surface area (Å²) in [5, 5.41) is 21.1. The molecule has 0 aromatic rings. The van der Waals surface area contributed by atoms with E-state index >= 15 is 0 Å². The Morgan fingerprint density at radius 1 is 1.35 bits per heavy atom. The van der Waals surface area contributed by atoms with E-state index in [1.54, 1.807) is 0 Å². The van der Waals surface area contributed by atoms with Crippen molar-refractivity contribution >= 4 is 0 Å². The average Bonchev–Trinajstić information content (AvgIpc) is 2.50. The van der Waals surface area contributed by atoms with Gasteiger partial charge in [-0.25, -0.2) is 0 Å². The van der Waals surface area contributed by atoms with Crippen molar-refractivity contribution < 1.29 is 14.9 Å². The van der Waals surface area contributed by atoms with Crippen LogP contribution in [0.4, 0.5) is 0 Å². The van der Waals surface area contributed by atoms with Gasteiger partial charge < -0.3 is 14.9 Å². The van der Waals surface area contributed by atoms with Crippen LogP contribution in [0.3, 0.4) is 0 Å². The molecule has 1 fully saturated rings. The lowest BCUT2D eigenvalue weighted by Gasteiger charge is -2.38. The van der Waals surface area contributed by atoms with E-state index < -0.39 is 11.2 Å². The molecule has 20 heavy (non-hydrogen) atoms. The largest absolute Gasteiger partial charge is 0.390 e. The molecular weight excluding hydrogens is 252 g/mol. The van der Waals surface area contributed by atoms with Crippen molar-refractivity contribution in [2.24, 2.45) is 11.8 Å². The second-order valence-electron chi connectivity index (χ2n) is 7.52. The first kappa shape index (κ1) is 16.0. The molecular formula is C17H30O3. The van der Waals surface area contributed by atoms with Gasteiger partial charge >= 0.3 is 0 Å². The molecule has 0 aromatic heterocycles. The standard InChI is InChI=1S/C17H30O3/c1-6-20-17(5)10-7-12(15(2,3)18)11-14-13(17)8-9-16(14,4)19/h11,13-14,18-19H,6-10H2,1-5H3/t13-,14+,16+,17-/m0/s1. The van der Waals surface area contributed by atoms with Gasteiger partial charge in [0.25, 0.3) is 0 Å². The Labute approximate surface area is 123 Å². The normalized spacial score (nSPS) is 42.0. The molecule has 0 amide bonds. The Kier molecular flexibility index (Phi) is 4.09. The second kappa shape index (κ2) is 5.11. The third-order valence-corrected chi connectivity index (χ3v) is 5.43. The van der Waals surface area contributed by atoms with E-state index in [4.69, 9.17) is 4.74 Å². The van der Waals surface area contributed by atoms with Crippen LogP contribution in [0.25, 0.3) is 0 Å². The lowest BCUT2D eigenvalue weighted by molar-refractivity contribution is -0.0907. The van der Waals surface area contributed by atoms with E-state index in [0.29, 0.717) is 12.5 Å². The molecule has 2 aliphatic rings. The maximum Gasteiger partial charge on any atom is 0.0800 e. The number of hydrogen-bond donors (Lipinski definition) is 2. The molecule has 0 saturated heterocycles. The molecule has 0 heterocycles. The molecule has 0 bridgehead atoms. The van der Waals surface area contributed by atoms with Gasteiger partial charge in [-0.15, -0.1) is 0 Å². The van der Waals surface area contributed by atoms with Crippen LogP contribution in [-0.2, 0) is 4.74 Å². The van der Waals surface area contributed by atoms with Crippen molar-refractivity contribution in [2.75, 3.05) is 6.61 Å². The van der Waals surface area contributed by atoms with E-state index in [2.05, 4.69) is 13.0 Å². The van der Waals surface area contributed by atoms with Crippen molar-refractivity contribution in [1.82, 2.24) is 0 Å². The summed E-state index contributed by atoms with van der Waals surface area (Å²) in [6, 6.07) is 0. The van der Waals surface area contributed by atoms with Crippen LogP contribution < -0.4 is 0 Å². The van der Waals surface area contributed by atoms with Crippen molar-refractivity contribution in [3.05, 3.63) is 11.6 Å². The van der Waals surface area contributed by atoms with Crippen LogP contribution in [-0.4, -0.2) is 33.6 Å². The lowest BCUT2D eigenvalue weighted by atomic mass is 9.77. The summed E-state index contributed by atoms with van der Waals surface area (Å²) >= 11 is 0. The summed E-state index contributed by atoms with van der Waals surface area (Å²) in [5.74, 6) is 0.403. The summed E-state index contributed by atoms with van der Waals surface area (Å²) in [7, 11) is 0. The van der Waals surface area contributed by atoms with Gasteiger partial charge in [0.1, 0.15) is 0 Å². The van der Waals surface area contributed by atoms with Gasteiger partial charge in [-0.05, 0) is 71.8 Å². The fraction of sp³-hybridized carbons (Fsp3) is 0.882. The van der Waals surface area contributed by atoms with Gasteiger partial charge in [-0.1, -0.05) is 6.08 Å². The minimum Gasteiger partial charge on any atom is -0.390 e. The molecule has 0 unspecified atom stereocenters. The molecule has 3 heteroatoms. The fourth-order valence-electron chi connectivity index (χ4n) is 4.10. The maximum atomic E-state index is 10.7. The molecule has 0 spiro atoms. The molecule has 0 aromatic carbocycles. The smallest absolute Gasteiger partial charge is 0.0800 e. The Morgan fingerprint density at radius 2 is 2.00 bits per heavy atom. The van der Waals surface area contributed by atoms with Crippen molar-refractivity contribution in [2.45, 2.75) is 77.1 Å². The van der Waals surface area contributed by atoms with Gasteiger partial charge in [0.15, 0.2) is 0 Å². The quantitative estimate of drug-likeness (QED) is 0.782. The zero-order valence-corrected chi connectivity index (χ0v) is 13.6. The van der Waals surface area contributed by atoms with Crippen LogP contribution in [0, 0.1) is 11.8 Å². The highest BCUT2D eigenvalue weighted by molar-refractivity contribution is 5.23. The molecule has 0 aliphatic heterocycles. The summed E-state index contributed by atoms with van der Waals surface area (Å²) < 4.78 is 6.09. The summed E-state index contributed by atoms with van der Waals surface area (Å²) in [4.78, 5) is 0. The van der Waals surface area contributed by atoms with Gasteiger partial charge in [0, 0.05) is 12.5 Å². The average molecular weight is 282 g/mol. The number of rotatable bonds is 3.